The Morgan fingerprint density at radius 3 is 2.25 bits per heavy atom. The lowest BCUT2D eigenvalue weighted by atomic mass is 9.96. The molecule has 1 rings (SSSR count). The molecule has 1 aromatic carbocycles. The van der Waals surface area contributed by atoms with Gasteiger partial charge in [0.1, 0.15) is 0 Å². The van der Waals surface area contributed by atoms with Crippen molar-refractivity contribution in [1.29, 1.82) is 0 Å². The number of ether oxygens (including phenoxy) is 1. The lowest BCUT2D eigenvalue weighted by Gasteiger charge is -2.16. The highest BCUT2D eigenvalue weighted by atomic mass is 79.9. The highest BCUT2D eigenvalue weighted by molar-refractivity contribution is 9.10. The summed E-state index contributed by atoms with van der Waals surface area (Å²) in [5, 5.41) is 19.0. The molecule has 20 heavy (non-hydrogen) atoms. The predicted molar refractivity (Wildman–Crippen MR) is 81.7 cm³/mol. The zero-order chi connectivity index (χ0) is 15.1. The van der Waals surface area contributed by atoms with Crippen LogP contribution in [0.3, 0.4) is 0 Å². The van der Waals surface area contributed by atoms with Crippen molar-refractivity contribution in [3.63, 3.8) is 0 Å². The van der Waals surface area contributed by atoms with Gasteiger partial charge in [-0.3, -0.25) is 0 Å². The lowest BCUT2D eigenvalue weighted by Crippen LogP contribution is -2.06. The lowest BCUT2D eigenvalue weighted by molar-refractivity contribution is 0.142. The topological polar surface area (TPSA) is 66.8 Å². The molecule has 0 heterocycles. The maximum absolute atomic E-state index is 10.7. The largest absolute Gasteiger partial charge is 0.511 e. The Bertz CT molecular complexity index is 471. The average molecular weight is 345 g/mol. The normalized spacial score (nSPS) is 10.6. The SMILES string of the molecule is CCCCc1c(Br)cc(OC(=O)O)c(O)c1CCCC. The summed E-state index contributed by atoms with van der Waals surface area (Å²) in [5.41, 5.74) is 1.85. The van der Waals surface area contributed by atoms with E-state index in [0.29, 0.717) is 0 Å². The molecular weight excluding hydrogens is 324 g/mol. The van der Waals surface area contributed by atoms with Gasteiger partial charge in [0, 0.05) is 10.0 Å². The van der Waals surface area contributed by atoms with Crippen molar-refractivity contribution in [1.82, 2.24) is 0 Å². The maximum Gasteiger partial charge on any atom is 0.511 e. The zero-order valence-electron chi connectivity index (χ0n) is 11.9. The molecule has 0 amide bonds. The molecule has 0 aliphatic carbocycles. The Balaban J connectivity index is 3.21. The molecule has 0 spiro atoms. The molecule has 0 fully saturated rings. The zero-order valence-corrected chi connectivity index (χ0v) is 13.5. The number of phenolic OH excluding ortho intramolecular Hbond substituents is 1. The summed E-state index contributed by atoms with van der Waals surface area (Å²) in [6.07, 6.45) is 4.19. The van der Waals surface area contributed by atoms with Crippen LogP contribution in [0.5, 0.6) is 11.5 Å². The molecule has 5 heteroatoms. The second-order valence-corrected chi connectivity index (χ2v) is 5.59. The fourth-order valence-electron chi connectivity index (χ4n) is 2.12. The van der Waals surface area contributed by atoms with E-state index in [4.69, 9.17) is 5.11 Å². The van der Waals surface area contributed by atoms with Gasteiger partial charge in [0.15, 0.2) is 11.5 Å². The molecule has 0 bridgehead atoms. The van der Waals surface area contributed by atoms with Crippen molar-refractivity contribution in [2.75, 3.05) is 0 Å². The van der Waals surface area contributed by atoms with E-state index in [1.165, 1.54) is 6.07 Å². The average Bonchev–Trinajstić information content (AvgIpc) is 2.39. The molecule has 2 N–H and O–H groups in total. The van der Waals surface area contributed by atoms with Gasteiger partial charge in [-0.25, -0.2) is 4.79 Å². The van der Waals surface area contributed by atoms with Crippen LogP contribution < -0.4 is 4.74 Å². The first-order valence-corrected chi connectivity index (χ1v) is 7.74. The Hall–Kier alpha value is -1.23. The highest BCUT2D eigenvalue weighted by Gasteiger charge is 2.18. The molecule has 112 valence electrons. The summed E-state index contributed by atoms with van der Waals surface area (Å²) in [6.45, 7) is 4.19. The monoisotopic (exact) mass is 344 g/mol. The van der Waals surface area contributed by atoms with Gasteiger partial charge in [-0.2, -0.15) is 0 Å². The minimum Gasteiger partial charge on any atom is -0.504 e. The molecule has 4 nitrogen and oxygen atoms in total. The van der Waals surface area contributed by atoms with Crippen LogP contribution in [0.25, 0.3) is 0 Å². The number of phenols is 1. The number of hydrogen-bond acceptors (Lipinski definition) is 3. The van der Waals surface area contributed by atoms with E-state index in [9.17, 15) is 9.90 Å². The van der Waals surface area contributed by atoms with Crippen LogP contribution in [0.4, 0.5) is 4.79 Å². The van der Waals surface area contributed by atoms with E-state index in [1.807, 2.05) is 0 Å². The third-order valence-corrected chi connectivity index (χ3v) is 3.90. The second kappa shape index (κ2) is 8.15. The fraction of sp³-hybridized carbons (Fsp3) is 0.533. The first-order chi connectivity index (χ1) is 9.51. The molecule has 0 saturated heterocycles. The summed E-state index contributed by atoms with van der Waals surface area (Å²) < 4.78 is 5.44. The minimum absolute atomic E-state index is 0.00396. The van der Waals surface area contributed by atoms with E-state index < -0.39 is 6.16 Å². The van der Waals surface area contributed by atoms with E-state index in [1.54, 1.807) is 0 Å². The van der Waals surface area contributed by atoms with Gasteiger partial charge in [0.05, 0.1) is 0 Å². The van der Waals surface area contributed by atoms with Crippen LogP contribution in [0.15, 0.2) is 10.5 Å². The number of rotatable bonds is 7. The van der Waals surface area contributed by atoms with Crippen LogP contribution in [-0.4, -0.2) is 16.4 Å². The van der Waals surface area contributed by atoms with Crippen molar-refractivity contribution in [2.45, 2.75) is 52.4 Å². The number of aromatic hydroxyl groups is 1. The number of halogens is 1. The van der Waals surface area contributed by atoms with Crippen molar-refractivity contribution >= 4 is 22.1 Å². The summed E-state index contributed by atoms with van der Waals surface area (Å²) in [5.74, 6) is -0.0501. The summed E-state index contributed by atoms with van der Waals surface area (Å²) in [4.78, 5) is 10.7. The van der Waals surface area contributed by atoms with E-state index >= 15 is 0 Å². The Morgan fingerprint density at radius 1 is 1.20 bits per heavy atom. The van der Waals surface area contributed by atoms with E-state index in [0.717, 1.165) is 54.1 Å². The smallest absolute Gasteiger partial charge is 0.504 e. The molecule has 0 aliphatic rings. The van der Waals surface area contributed by atoms with Gasteiger partial charge in [0.25, 0.3) is 0 Å². The van der Waals surface area contributed by atoms with E-state index in [-0.39, 0.29) is 11.5 Å². The van der Waals surface area contributed by atoms with Crippen LogP contribution in [0.1, 0.15) is 50.7 Å². The summed E-state index contributed by atoms with van der Waals surface area (Å²) >= 11 is 3.46. The van der Waals surface area contributed by atoms with Crippen LogP contribution in [0.2, 0.25) is 0 Å². The number of hydrogen-bond donors (Lipinski definition) is 2. The van der Waals surface area contributed by atoms with Gasteiger partial charge in [-0.1, -0.05) is 42.6 Å². The molecule has 0 saturated carbocycles. The summed E-state index contributed by atoms with van der Waals surface area (Å²) in [7, 11) is 0. The third-order valence-electron chi connectivity index (χ3n) is 3.19. The summed E-state index contributed by atoms with van der Waals surface area (Å²) in [6, 6.07) is 1.53. The minimum atomic E-state index is -1.42. The van der Waals surface area contributed by atoms with Gasteiger partial charge in [-0.05, 0) is 37.3 Å². The first-order valence-electron chi connectivity index (χ1n) is 6.95. The Morgan fingerprint density at radius 2 is 1.75 bits per heavy atom. The maximum atomic E-state index is 10.7. The molecule has 0 unspecified atom stereocenters. The fourth-order valence-corrected chi connectivity index (χ4v) is 2.77. The second-order valence-electron chi connectivity index (χ2n) is 4.74. The Labute approximate surface area is 127 Å². The van der Waals surface area contributed by atoms with Crippen molar-refractivity contribution in [3.05, 3.63) is 21.7 Å². The molecule has 1 aromatic rings. The molecule has 0 aromatic heterocycles. The van der Waals surface area contributed by atoms with Crippen LogP contribution in [-0.2, 0) is 12.8 Å². The number of unbranched alkanes of at least 4 members (excludes halogenated alkanes) is 2. The van der Waals surface area contributed by atoms with Gasteiger partial charge >= 0.3 is 6.16 Å². The quantitative estimate of drug-likeness (QED) is 0.545. The number of benzene rings is 1. The molecule has 0 aliphatic heterocycles. The molecule has 0 radical (unpaired) electrons. The third kappa shape index (κ3) is 4.40. The van der Waals surface area contributed by atoms with Gasteiger partial charge in [0.2, 0.25) is 0 Å². The molecule has 0 atom stereocenters. The van der Waals surface area contributed by atoms with Crippen LogP contribution >= 0.6 is 15.9 Å². The Kier molecular flexibility index (Phi) is 6.85. The molecular formula is C15H21BrO4. The highest BCUT2D eigenvalue weighted by Crippen LogP contribution is 2.39. The van der Waals surface area contributed by atoms with Crippen LogP contribution in [0, 0.1) is 0 Å². The first kappa shape index (κ1) is 16.8. The van der Waals surface area contributed by atoms with Crippen molar-refractivity contribution < 1.29 is 19.7 Å². The van der Waals surface area contributed by atoms with Crippen molar-refractivity contribution in [3.8, 4) is 11.5 Å². The van der Waals surface area contributed by atoms with Crippen molar-refractivity contribution in [2.24, 2.45) is 0 Å². The van der Waals surface area contributed by atoms with Gasteiger partial charge < -0.3 is 14.9 Å². The predicted octanol–water partition coefficient (Wildman–Crippen LogP) is 4.90. The number of carbonyl (C=O) groups is 1. The number of carboxylic acid groups (broad SMARTS) is 1. The van der Waals surface area contributed by atoms with Gasteiger partial charge in [-0.15, -0.1) is 0 Å². The van der Waals surface area contributed by atoms with E-state index in [2.05, 4.69) is 34.5 Å². The standard InChI is InChI=1S/C15H21BrO4/c1-3-5-7-10-11(8-6-4-2)14(17)13(9-12(10)16)20-15(18)19/h9,17H,3-8H2,1-2H3,(H,18,19).